The quantitative estimate of drug-likeness (QED) is 0.441. The van der Waals surface area contributed by atoms with E-state index in [0.717, 1.165) is 0 Å². The summed E-state index contributed by atoms with van der Waals surface area (Å²) in [6, 6.07) is 0. The molecule has 0 aliphatic heterocycles. The zero-order valence-corrected chi connectivity index (χ0v) is 6.81. The SMILES string of the molecule is [CH-]=C.[CH-]=C.[Cl][Rh][Cl]. The molecule has 0 aliphatic carbocycles. The normalized spacial score (nSPS) is 4.29. The van der Waals surface area contributed by atoms with Gasteiger partial charge in [-0.2, -0.15) is 0 Å². The maximum atomic E-state index is 4.83. The Bertz CT molecular complexity index is 17.2. The molecule has 0 radical (unpaired) electrons. The van der Waals surface area contributed by atoms with Crippen molar-refractivity contribution in [3.63, 3.8) is 0 Å². The van der Waals surface area contributed by atoms with E-state index in [0.29, 0.717) is 0 Å². The fraction of sp³-hybridized carbons (Fsp3) is 0. The topological polar surface area (TPSA) is 0 Å². The monoisotopic (exact) mass is 227 g/mol. The summed E-state index contributed by atoms with van der Waals surface area (Å²) >= 11 is -0.226. The van der Waals surface area contributed by atoms with Gasteiger partial charge in [0, 0.05) is 0 Å². The first-order valence-electron chi connectivity index (χ1n) is 1.07. The maximum absolute atomic E-state index is 4.83. The molecule has 0 spiro atoms. The number of rotatable bonds is 0. The second kappa shape index (κ2) is 76.2. The van der Waals surface area contributed by atoms with Crippen molar-refractivity contribution in [1.82, 2.24) is 0 Å². The summed E-state index contributed by atoms with van der Waals surface area (Å²) in [4.78, 5) is 0. The Kier molecular flexibility index (Phi) is 170. The summed E-state index contributed by atoms with van der Waals surface area (Å²) in [5, 5.41) is 0. The molecule has 0 nitrogen and oxygen atoms in total. The van der Waals surface area contributed by atoms with Crippen molar-refractivity contribution in [1.29, 1.82) is 0 Å². The van der Waals surface area contributed by atoms with E-state index in [2.05, 4.69) is 26.3 Å². The number of hydrogen-bond acceptors (Lipinski definition) is 0. The molecule has 0 unspecified atom stereocenters. The van der Waals surface area contributed by atoms with Crippen molar-refractivity contribution < 1.29 is 15.1 Å². The third kappa shape index (κ3) is 314. The zero-order valence-electron chi connectivity index (χ0n) is 3.66. The predicted molar refractivity (Wildman–Crippen MR) is 31.6 cm³/mol. The van der Waals surface area contributed by atoms with Crippen molar-refractivity contribution in [3.05, 3.63) is 26.3 Å². The van der Waals surface area contributed by atoms with Gasteiger partial charge in [0.05, 0.1) is 0 Å². The van der Waals surface area contributed by atoms with Gasteiger partial charge in [-0.3, -0.25) is 13.2 Å². The molecular weight excluding hydrogens is 222 g/mol. The van der Waals surface area contributed by atoms with Gasteiger partial charge >= 0.3 is 34.5 Å². The molecule has 0 saturated heterocycles. The van der Waals surface area contributed by atoms with Gasteiger partial charge in [-0.1, -0.05) is 0 Å². The fourth-order valence-electron chi connectivity index (χ4n) is 0. The van der Waals surface area contributed by atoms with Crippen LogP contribution in [0.25, 0.3) is 0 Å². The Balaban J connectivity index is -0.0000000360. The summed E-state index contributed by atoms with van der Waals surface area (Å²) < 4.78 is 0. The van der Waals surface area contributed by atoms with Crippen LogP contribution in [0.3, 0.4) is 0 Å². The molecule has 0 atom stereocenters. The fourth-order valence-corrected chi connectivity index (χ4v) is 0. The van der Waals surface area contributed by atoms with Crippen molar-refractivity contribution in [2.45, 2.75) is 0 Å². The molecule has 0 rings (SSSR count). The van der Waals surface area contributed by atoms with Gasteiger partial charge in [-0.05, 0) is 0 Å². The standard InChI is InChI=1S/2C2H3.2ClH.Rh/c2*1-2;;;/h2*1H,2H2;2*1H;/q2*-1;;;+2/p-2. The Labute approximate surface area is 60.9 Å². The van der Waals surface area contributed by atoms with Crippen LogP contribution in [-0.2, 0) is 15.1 Å². The van der Waals surface area contributed by atoms with Gasteiger partial charge in [-0.15, -0.1) is 0 Å². The molecule has 0 fully saturated rings. The first-order chi connectivity index (χ1) is 3.41. The summed E-state index contributed by atoms with van der Waals surface area (Å²) in [6.45, 7) is 14.0. The van der Waals surface area contributed by atoms with Gasteiger partial charge in [0.2, 0.25) is 0 Å². The molecule has 0 N–H and O–H groups in total. The molecule has 0 aromatic heterocycles. The molecule has 0 bridgehead atoms. The van der Waals surface area contributed by atoms with Crippen LogP contribution in [0.1, 0.15) is 0 Å². The van der Waals surface area contributed by atoms with Gasteiger partial charge in [0.25, 0.3) is 0 Å². The molecule has 0 aromatic rings. The molecule has 0 aliphatic rings. The first kappa shape index (κ1) is 15.6. The molecule has 0 heterocycles. The van der Waals surface area contributed by atoms with Crippen molar-refractivity contribution in [2.75, 3.05) is 0 Å². The van der Waals surface area contributed by atoms with E-state index < -0.39 is 0 Å². The summed E-state index contributed by atoms with van der Waals surface area (Å²) in [6.07, 6.45) is 0. The van der Waals surface area contributed by atoms with Crippen LogP contribution >= 0.6 is 19.4 Å². The van der Waals surface area contributed by atoms with Crippen molar-refractivity contribution in [2.24, 2.45) is 0 Å². The van der Waals surface area contributed by atoms with Crippen LogP contribution in [-0.4, -0.2) is 0 Å². The van der Waals surface area contributed by atoms with E-state index in [1.54, 1.807) is 0 Å². The molecule has 0 amide bonds. The minimum atomic E-state index is -0.226. The van der Waals surface area contributed by atoms with Crippen LogP contribution in [0.15, 0.2) is 13.2 Å². The Morgan fingerprint density at radius 3 is 1.00 bits per heavy atom. The van der Waals surface area contributed by atoms with E-state index in [9.17, 15) is 0 Å². The van der Waals surface area contributed by atoms with E-state index in [1.807, 2.05) is 0 Å². The molecule has 47 valence electrons. The van der Waals surface area contributed by atoms with Crippen LogP contribution < -0.4 is 0 Å². The van der Waals surface area contributed by atoms with E-state index in [4.69, 9.17) is 19.4 Å². The van der Waals surface area contributed by atoms with Crippen molar-refractivity contribution >= 4 is 19.4 Å². The predicted octanol–water partition coefficient (Wildman–Crippen LogP) is 2.59. The molecule has 0 aromatic carbocycles. The van der Waals surface area contributed by atoms with E-state index in [1.165, 1.54) is 0 Å². The molecule has 7 heavy (non-hydrogen) atoms. The van der Waals surface area contributed by atoms with E-state index >= 15 is 0 Å². The Morgan fingerprint density at radius 1 is 1.00 bits per heavy atom. The van der Waals surface area contributed by atoms with Crippen LogP contribution in [0.2, 0.25) is 0 Å². The minimum absolute atomic E-state index is 0.226. The summed E-state index contributed by atoms with van der Waals surface area (Å²) in [5.41, 5.74) is 0. The zero-order chi connectivity index (χ0) is 6.71. The Morgan fingerprint density at radius 2 is 1.00 bits per heavy atom. The van der Waals surface area contributed by atoms with Gasteiger partial charge in [0.15, 0.2) is 0 Å². The molecule has 3 heteroatoms. The van der Waals surface area contributed by atoms with E-state index in [-0.39, 0.29) is 15.1 Å². The van der Waals surface area contributed by atoms with Gasteiger partial charge < -0.3 is 13.2 Å². The van der Waals surface area contributed by atoms with Crippen molar-refractivity contribution in [3.8, 4) is 0 Å². The third-order valence-corrected chi connectivity index (χ3v) is 0. The number of hydrogen-bond donors (Lipinski definition) is 0. The molecular formula is C4H6Cl2Rh-2. The molecule has 0 saturated carbocycles. The van der Waals surface area contributed by atoms with Crippen LogP contribution in [0.4, 0.5) is 0 Å². The van der Waals surface area contributed by atoms with Crippen LogP contribution in [0, 0.1) is 13.2 Å². The second-order valence-corrected chi connectivity index (χ2v) is 2.54. The summed E-state index contributed by atoms with van der Waals surface area (Å²) in [7, 11) is 9.67. The average molecular weight is 228 g/mol. The van der Waals surface area contributed by atoms with Crippen LogP contribution in [0.5, 0.6) is 0 Å². The van der Waals surface area contributed by atoms with Gasteiger partial charge in [-0.25, -0.2) is 0 Å². The third-order valence-electron chi connectivity index (χ3n) is 0. The number of halogens is 2. The second-order valence-electron chi connectivity index (χ2n) is 0.0476. The Hall–Kier alpha value is 0.683. The first-order valence-corrected chi connectivity index (χ1v) is 5.29. The average Bonchev–Trinajstić information content (AvgIpc) is 1.78. The summed E-state index contributed by atoms with van der Waals surface area (Å²) in [5.74, 6) is 0. The van der Waals surface area contributed by atoms with Gasteiger partial charge in [0.1, 0.15) is 0 Å².